The third-order valence-electron chi connectivity index (χ3n) is 4.52. The van der Waals surface area contributed by atoms with Gasteiger partial charge < -0.3 is 11.1 Å². The van der Waals surface area contributed by atoms with Crippen molar-refractivity contribution in [3.63, 3.8) is 0 Å². The summed E-state index contributed by atoms with van der Waals surface area (Å²) in [6, 6.07) is 13.6. The molecular formula is C20H18N8. The summed E-state index contributed by atoms with van der Waals surface area (Å²) in [7, 11) is 0. The maximum Gasteiger partial charge on any atom is 0.165 e. The molecule has 28 heavy (non-hydrogen) atoms. The van der Waals surface area contributed by atoms with Crippen LogP contribution in [0.2, 0.25) is 0 Å². The fraction of sp³-hybridized carbons (Fsp3) is 0.150. The monoisotopic (exact) mass is 370 g/mol. The number of nitrogens with two attached hydrogens (primary N) is 1. The minimum atomic E-state index is -0.268. The SMILES string of the molecule is Cc1ccnc2c1nc([C@H](C)Nc1ncnc(N)c1C#N)n2-c1ccccc1. The molecule has 0 radical (unpaired) electrons. The van der Waals surface area contributed by atoms with Crippen molar-refractivity contribution in [2.24, 2.45) is 0 Å². The van der Waals surface area contributed by atoms with Gasteiger partial charge in [-0.3, -0.25) is 4.57 Å². The van der Waals surface area contributed by atoms with Gasteiger partial charge in [-0.25, -0.2) is 19.9 Å². The summed E-state index contributed by atoms with van der Waals surface area (Å²) in [5.41, 5.74) is 9.62. The van der Waals surface area contributed by atoms with Crippen LogP contribution in [0.5, 0.6) is 0 Å². The zero-order valence-corrected chi connectivity index (χ0v) is 15.5. The third kappa shape index (κ3) is 2.89. The number of para-hydroxylation sites is 1. The first-order valence-corrected chi connectivity index (χ1v) is 8.76. The van der Waals surface area contributed by atoms with Crippen molar-refractivity contribution in [1.29, 1.82) is 5.26 Å². The molecule has 1 aromatic carbocycles. The van der Waals surface area contributed by atoms with Gasteiger partial charge in [0.25, 0.3) is 0 Å². The van der Waals surface area contributed by atoms with E-state index in [1.807, 2.05) is 54.8 Å². The number of pyridine rings is 1. The molecule has 4 rings (SSSR count). The van der Waals surface area contributed by atoms with E-state index in [0.717, 1.165) is 28.2 Å². The number of nitrogens with one attached hydrogen (secondary N) is 1. The van der Waals surface area contributed by atoms with Crippen LogP contribution in [-0.4, -0.2) is 24.5 Å². The van der Waals surface area contributed by atoms with Crippen molar-refractivity contribution in [1.82, 2.24) is 24.5 Å². The Morgan fingerprint density at radius 1 is 1.14 bits per heavy atom. The number of nitrogens with zero attached hydrogens (tertiary/aromatic N) is 6. The predicted molar refractivity (Wildman–Crippen MR) is 107 cm³/mol. The highest BCUT2D eigenvalue weighted by Gasteiger charge is 2.21. The van der Waals surface area contributed by atoms with E-state index in [0.29, 0.717) is 5.82 Å². The Labute approximate surface area is 161 Å². The van der Waals surface area contributed by atoms with Crippen LogP contribution in [0, 0.1) is 18.3 Å². The predicted octanol–water partition coefficient (Wildman–Crippen LogP) is 3.15. The van der Waals surface area contributed by atoms with Crippen LogP contribution in [0.15, 0.2) is 48.9 Å². The van der Waals surface area contributed by atoms with Gasteiger partial charge >= 0.3 is 0 Å². The molecule has 0 saturated carbocycles. The normalized spacial score (nSPS) is 11.9. The quantitative estimate of drug-likeness (QED) is 0.566. The molecular weight excluding hydrogens is 352 g/mol. The van der Waals surface area contributed by atoms with Crippen LogP contribution in [0.1, 0.15) is 29.9 Å². The molecule has 0 aliphatic heterocycles. The average Bonchev–Trinajstić information content (AvgIpc) is 3.10. The summed E-state index contributed by atoms with van der Waals surface area (Å²) in [6.07, 6.45) is 3.11. The summed E-state index contributed by atoms with van der Waals surface area (Å²) < 4.78 is 2.01. The van der Waals surface area contributed by atoms with Crippen molar-refractivity contribution in [2.45, 2.75) is 19.9 Å². The first-order chi connectivity index (χ1) is 13.6. The van der Waals surface area contributed by atoms with Crippen molar-refractivity contribution < 1.29 is 0 Å². The lowest BCUT2D eigenvalue weighted by Crippen LogP contribution is -2.15. The minimum Gasteiger partial charge on any atom is -0.382 e. The molecule has 138 valence electrons. The van der Waals surface area contributed by atoms with Gasteiger partial charge in [0, 0.05) is 11.9 Å². The molecule has 0 aliphatic rings. The summed E-state index contributed by atoms with van der Waals surface area (Å²) in [5.74, 6) is 1.27. The van der Waals surface area contributed by atoms with Crippen LogP contribution in [-0.2, 0) is 0 Å². The molecule has 0 aliphatic carbocycles. The highest BCUT2D eigenvalue weighted by atomic mass is 15.2. The Morgan fingerprint density at radius 3 is 2.68 bits per heavy atom. The van der Waals surface area contributed by atoms with Crippen molar-refractivity contribution in [3.05, 3.63) is 65.9 Å². The Bertz CT molecular complexity index is 1190. The molecule has 0 amide bonds. The summed E-state index contributed by atoms with van der Waals surface area (Å²) in [6.45, 7) is 3.96. The van der Waals surface area contributed by atoms with Gasteiger partial charge in [0.15, 0.2) is 5.65 Å². The van der Waals surface area contributed by atoms with E-state index in [-0.39, 0.29) is 17.4 Å². The summed E-state index contributed by atoms with van der Waals surface area (Å²) >= 11 is 0. The fourth-order valence-electron chi connectivity index (χ4n) is 3.12. The van der Waals surface area contributed by atoms with Crippen LogP contribution >= 0.6 is 0 Å². The molecule has 8 nitrogen and oxygen atoms in total. The first-order valence-electron chi connectivity index (χ1n) is 8.76. The largest absolute Gasteiger partial charge is 0.382 e. The molecule has 1 atom stereocenters. The zero-order valence-electron chi connectivity index (χ0n) is 15.5. The Morgan fingerprint density at radius 2 is 1.93 bits per heavy atom. The number of aryl methyl sites for hydroxylation is 1. The molecule has 0 bridgehead atoms. The highest BCUT2D eigenvalue weighted by Crippen LogP contribution is 2.28. The van der Waals surface area contributed by atoms with Gasteiger partial charge in [0.05, 0.1) is 6.04 Å². The number of hydrogen-bond acceptors (Lipinski definition) is 7. The van der Waals surface area contributed by atoms with Crippen molar-refractivity contribution >= 4 is 22.8 Å². The van der Waals surface area contributed by atoms with E-state index in [9.17, 15) is 5.26 Å². The number of rotatable bonds is 4. The zero-order chi connectivity index (χ0) is 19.7. The number of nitrogen functional groups attached to an aromatic ring is 1. The molecule has 0 spiro atoms. The number of nitriles is 1. The van der Waals surface area contributed by atoms with Crippen molar-refractivity contribution in [3.8, 4) is 11.8 Å². The van der Waals surface area contributed by atoms with E-state index >= 15 is 0 Å². The Hall–Kier alpha value is -3.99. The Kier molecular flexibility index (Phi) is 4.33. The highest BCUT2D eigenvalue weighted by molar-refractivity contribution is 5.77. The van der Waals surface area contributed by atoms with Crippen LogP contribution in [0.3, 0.4) is 0 Å². The second kappa shape index (κ2) is 6.96. The van der Waals surface area contributed by atoms with Crippen molar-refractivity contribution in [2.75, 3.05) is 11.1 Å². The Balaban J connectivity index is 1.86. The molecule has 4 aromatic rings. The molecule has 3 heterocycles. The van der Waals surface area contributed by atoms with Crippen LogP contribution in [0.25, 0.3) is 16.9 Å². The number of fused-ring (bicyclic) bond motifs is 1. The lowest BCUT2D eigenvalue weighted by molar-refractivity contribution is 0.765. The van der Waals surface area contributed by atoms with Gasteiger partial charge in [-0.15, -0.1) is 0 Å². The average molecular weight is 370 g/mol. The number of aromatic nitrogens is 5. The maximum absolute atomic E-state index is 9.39. The van der Waals surface area contributed by atoms with Gasteiger partial charge in [-0.2, -0.15) is 5.26 Å². The van der Waals surface area contributed by atoms with E-state index in [4.69, 9.17) is 10.7 Å². The molecule has 0 saturated heterocycles. The van der Waals surface area contributed by atoms with E-state index < -0.39 is 0 Å². The number of anilines is 2. The van der Waals surface area contributed by atoms with Crippen LogP contribution in [0.4, 0.5) is 11.6 Å². The van der Waals surface area contributed by atoms with Gasteiger partial charge in [0.2, 0.25) is 0 Å². The lowest BCUT2D eigenvalue weighted by Gasteiger charge is -2.17. The smallest absolute Gasteiger partial charge is 0.165 e. The second-order valence-corrected chi connectivity index (χ2v) is 6.40. The molecule has 3 N–H and O–H groups in total. The van der Waals surface area contributed by atoms with E-state index in [2.05, 4.69) is 26.3 Å². The van der Waals surface area contributed by atoms with E-state index in [1.54, 1.807) is 6.20 Å². The van der Waals surface area contributed by atoms with E-state index in [1.165, 1.54) is 6.33 Å². The number of hydrogen-bond donors (Lipinski definition) is 2. The molecule has 3 aromatic heterocycles. The molecule has 0 fully saturated rings. The van der Waals surface area contributed by atoms with Gasteiger partial charge in [-0.05, 0) is 37.6 Å². The lowest BCUT2D eigenvalue weighted by atomic mass is 10.2. The maximum atomic E-state index is 9.39. The third-order valence-corrected chi connectivity index (χ3v) is 4.52. The fourth-order valence-corrected chi connectivity index (χ4v) is 3.12. The number of imidazole rings is 1. The summed E-state index contributed by atoms with van der Waals surface area (Å²) in [4.78, 5) is 17.4. The van der Waals surface area contributed by atoms with Crippen LogP contribution < -0.4 is 11.1 Å². The standard InChI is InChI=1S/C20H18N8/c1-12-8-9-23-20-16(12)27-19(28(20)14-6-4-3-5-7-14)13(2)26-18-15(10-21)17(22)24-11-25-18/h3-9,11,13H,1-2H3,(H3,22,24,25,26)/t13-/m0/s1. The van der Waals surface area contributed by atoms with Gasteiger partial charge in [-0.1, -0.05) is 18.2 Å². The first kappa shape index (κ1) is 17.4. The number of benzene rings is 1. The topological polar surface area (TPSA) is 118 Å². The second-order valence-electron chi connectivity index (χ2n) is 6.40. The minimum absolute atomic E-state index is 0.140. The summed E-state index contributed by atoms with van der Waals surface area (Å²) in [5, 5.41) is 12.6. The molecule has 0 unspecified atom stereocenters. The molecule has 8 heteroatoms. The van der Waals surface area contributed by atoms with Gasteiger partial charge in [0.1, 0.15) is 40.9 Å².